The number of hydrogen-bond acceptors (Lipinski definition) is 4. The van der Waals surface area contributed by atoms with Crippen molar-refractivity contribution >= 4 is 35.1 Å². The minimum absolute atomic E-state index is 0.0113. The number of nitrogens with one attached hydrogen (secondary N) is 1. The lowest BCUT2D eigenvalue weighted by molar-refractivity contribution is 0.102. The van der Waals surface area contributed by atoms with Gasteiger partial charge in [0.25, 0.3) is 12.3 Å². The van der Waals surface area contributed by atoms with Gasteiger partial charge >= 0.3 is 0 Å². The predicted molar refractivity (Wildman–Crippen MR) is 121 cm³/mol. The highest BCUT2D eigenvalue weighted by molar-refractivity contribution is 7.80. The molecule has 1 aromatic carbocycles. The van der Waals surface area contributed by atoms with Crippen LogP contribution in [0.25, 0.3) is 10.9 Å². The summed E-state index contributed by atoms with van der Waals surface area (Å²) in [6.45, 7) is 2.67. The molecule has 4 rings (SSSR count). The Balaban J connectivity index is 1.64. The molecule has 1 N–H and O–H groups in total. The second-order valence-electron chi connectivity index (χ2n) is 8.71. The molecule has 2 heterocycles. The lowest BCUT2D eigenvalue weighted by atomic mass is 9.95. The normalized spacial score (nSPS) is 19.5. The van der Waals surface area contributed by atoms with E-state index < -0.39 is 18.0 Å². The van der Waals surface area contributed by atoms with E-state index in [1.165, 1.54) is 44.2 Å². The lowest BCUT2D eigenvalue weighted by Gasteiger charge is -2.25. The van der Waals surface area contributed by atoms with Crippen molar-refractivity contribution in [3.05, 3.63) is 53.5 Å². The van der Waals surface area contributed by atoms with Gasteiger partial charge < -0.3 is 5.32 Å². The van der Waals surface area contributed by atoms with Crippen molar-refractivity contribution in [2.45, 2.75) is 62.9 Å². The summed E-state index contributed by atoms with van der Waals surface area (Å²) in [7, 11) is 0. The Labute approximate surface area is 189 Å². The van der Waals surface area contributed by atoms with Crippen LogP contribution in [0.4, 0.5) is 18.9 Å². The smallest absolute Gasteiger partial charge is 0.274 e. The first-order chi connectivity index (χ1) is 15.1. The molecule has 9 heteroatoms. The summed E-state index contributed by atoms with van der Waals surface area (Å²) in [6.07, 6.45) is 2.85. The van der Waals surface area contributed by atoms with E-state index in [0.29, 0.717) is 16.2 Å². The highest BCUT2D eigenvalue weighted by Gasteiger charge is 2.24. The molecule has 32 heavy (non-hydrogen) atoms. The van der Waals surface area contributed by atoms with Crippen LogP contribution in [0.5, 0.6) is 0 Å². The molecule has 170 valence electrons. The Bertz CT molecular complexity index is 1130. The maximum Gasteiger partial charge on any atom is 0.274 e. The first-order valence-corrected chi connectivity index (χ1v) is 11.1. The van der Waals surface area contributed by atoms with E-state index in [4.69, 9.17) is 0 Å². The Morgan fingerprint density at radius 1 is 1.22 bits per heavy atom. The molecule has 2 aromatic heterocycles. The summed E-state index contributed by atoms with van der Waals surface area (Å²) < 4.78 is 43.6. The van der Waals surface area contributed by atoms with Gasteiger partial charge in [-0.3, -0.25) is 9.48 Å². The first kappa shape index (κ1) is 22.6. The molecule has 1 saturated carbocycles. The van der Waals surface area contributed by atoms with E-state index >= 15 is 0 Å². The summed E-state index contributed by atoms with van der Waals surface area (Å²) in [5.41, 5.74) is -1.57. The van der Waals surface area contributed by atoms with Crippen molar-refractivity contribution < 1.29 is 18.0 Å². The van der Waals surface area contributed by atoms with Crippen molar-refractivity contribution in [3.8, 4) is 0 Å². The van der Waals surface area contributed by atoms with Gasteiger partial charge in [-0.15, -0.1) is 0 Å². The number of nitrogens with zero attached hydrogens (tertiary/aromatic N) is 3. The largest absolute Gasteiger partial charge is 0.320 e. The first-order valence-electron chi connectivity index (χ1n) is 10.6. The molecule has 0 aliphatic heterocycles. The summed E-state index contributed by atoms with van der Waals surface area (Å²) in [5, 5.41) is 8.08. The average Bonchev–Trinajstić information content (AvgIpc) is 3.16. The molecule has 0 unspecified atom stereocenters. The number of pyridine rings is 1. The SMILES string of the molecule is CC(C)(F)c1cccc(C(=O)Nc2cc3cn([C@H]4CC[C@H](S)CC4)nc3cc2C(F)F)n1. The number of hydrogen-bond donors (Lipinski definition) is 2. The standard InChI is InChI=1S/C23H25F3N4OS/c1-23(2,26)20-5-3-4-17(27-20)22(31)28-19-10-13-12-30(14-6-8-15(32)9-7-14)29-18(13)11-16(19)21(24)25/h3-5,10-12,14-15,21,32H,6-9H2,1-2H3,(H,28,31)/t14-,15-. The third-order valence-electron chi connectivity index (χ3n) is 5.81. The van der Waals surface area contributed by atoms with Gasteiger partial charge in [-0.2, -0.15) is 17.7 Å². The van der Waals surface area contributed by atoms with E-state index in [1.807, 2.05) is 10.9 Å². The van der Waals surface area contributed by atoms with Crippen molar-refractivity contribution in [2.24, 2.45) is 0 Å². The third-order valence-corrected chi connectivity index (χ3v) is 6.32. The zero-order chi connectivity index (χ0) is 23.0. The van der Waals surface area contributed by atoms with Crippen LogP contribution >= 0.6 is 12.6 Å². The number of rotatable bonds is 5. The molecule has 5 nitrogen and oxygen atoms in total. The molecule has 3 aromatic rings. The average molecular weight is 463 g/mol. The number of carbonyl (C=O) groups is 1. The maximum absolute atomic E-state index is 14.2. The lowest BCUT2D eigenvalue weighted by Crippen LogP contribution is -2.18. The molecular weight excluding hydrogens is 437 g/mol. The van der Waals surface area contributed by atoms with Crippen LogP contribution in [0, 0.1) is 0 Å². The van der Waals surface area contributed by atoms with Gasteiger partial charge in [-0.1, -0.05) is 6.07 Å². The van der Waals surface area contributed by atoms with Gasteiger partial charge in [0, 0.05) is 22.4 Å². The summed E-state index contributed by atoms with van der Waals surface area (Å²) in [4.78, 5) is 16.8. The van der Waals surface area contributed by atoms with E-state index in [0.717, 1.165) is 25.7 Å². The number of anilines is 1. The maximum atomic E-state index is 14.2. The quantitative estimate of drug-likeness (QED) is 0.441. The van der Waals surface area contributed by atoms with Gasteiger partial charge in [-0.05, 0) is 63.8 Å². The number of carbonyl (C=O) groups excluding carboxylic acids is 1. The summed E-state index contributed by atoms with van der Waals surface area (Å²) in [6, 6.07) is 7.43. The Morgan fingerprint density at radius 2 is 1.94 bits per heavy atom. The van der Waals surface area contributed by atoms with E-state index in [-0.39, 0.29) is 28.7 Å². The highest BCUT2D eigenvalue weighted by Crippen LogP contribution is 2.35. The molecule has 0 bridgehead atoms. The van der Waals surface area contributed by atoms with Crippen molar-refractivity contribution in [1.82, 2.24) is 14.8 Å². The number of aromatic nitrogens is 3. The fourth-order valence-electron chi connectivity index (χ4n) is 3.98. The van der Waals surface area contributed by atoms with Crippen molar-refractivity contribution in [1.29, 1.82) is 0 Å². The van der Waals surface area contributed by atoms with Crippen molar-refractivity contribution in [3.63, 3.8) is 0 Å². The number of halogens is 3. The Hall–Kier alpha value is -2.55. The summed E-state index contributed by atoms with van der Waals surface area (Å²) in [5.74, 6) is -0.683. The van der Waals surface area contributed by atoms with Crippen LogP contribution in [0.2, 0.25) is 0 Å². The highest BCUT2D eigenvalue weighted by atomic mass is 32.1. The van der Waals surface area contributed by atoms with E-state index in [9.17, 15) is 18.0 Å². The molecule has 0 saturated heterocycles. The van der Waals surface area contributed by atoms with Gasteiger partial charge in [0.2, 0.25) is 0 Å². The van der Waals surface area contributed by atoms with Crippen LogP contribution in [0.3, 0.4) is 0 Å². The monoisotopic (exact) mass is 462 g/mol. The Kier molecular flexibility index (Phi) is 6.20. The Morgan fingerprint density at radius 3 is 2.59 bits per heavy atom. The molecular formula is C23H25F3N4OS. The molecule has 0 atom stereocenters. The van der Waals surface area contributed by atoms with Gasteiger partial charge in [0.15, 0.2) is 0 Å². The van der Waals surface area contributed by atoms with Crippen molar-refractivity contribution in [2.75, 3.05) is 5.32 Å². The third kappa shape index (κ3) is 4.77. The predicted octanol–water partition coefficient (Wildman–Crippen LogP) is 6.24. The molecule has 1 amide bonds. The molecule has 0 radical (unpaired) electrons. The molecule has 0 spiro atoms. The second-order valence-corrected chi connectivity index (χ2v) is 9.44. The van der Waals surface area contributed by atoms with Crippen LogP contribution in [0.15, 0.2) is 36.5 Å². The van der Waals surface area contributed by atoms with Gasteiger partial charge in [0.1, 0.15) is 11.4 Å². The molecule has 1 aliphatic carbocycles. The van der Waals surface area contributed by atoms with Gasteiger partial charge in [0.05, 0.1) is 22.9 Å². The number of thiol groups is 1. The number of amides is 1. The zero-order valence-electron chi connectivity index (χ0n) is 17.9. The number of benzene rings is 1. The number of fused-ring (bicyclic) bond motifs is 1. The topological polar surface area (TPSA) is 59.8 Å². The molecule has 1 aliphatic rings. The zero-order valence-corrected chi connectivity index (χ0v) is 18.8. The van der Waals surface area contributed by atoms with Crippen LogP contribution in [-0.2, 0) is 5.67 Å². The number of alkyl halides is 3. The minimum atomic E-state index is -2.80. The summed E-state index contributed by atoms with van der Waals surface area (Å²) >= 11 is 4.52. The fourth-order valence-corrected chi connectivity index (χ4v) is 4.28. The van der Waals surface area contributed by atoms with Crippen LogP contribution < -0.4 is 5.32 Å². The minimum Gasteiger partial charge on any atom is -0.320 e. The van der Waals surface area contributed by atoms with E-state index in [2.05, 4.69) is 28.0 Å². The fraction of sp³-hybridized carbons (Fsp3) is 0.435. The molecule has 1 fully saturated rings. The second kappa shape index (κ2) is 8.77. The van der Waals surface area contributed by atoms with Crippen LogP contribution in [-0.4, -0.2) is 25.9 Å². The van der Waals surface area contributed by atoms with E-state index in [1.54, 1.807) is 0 Å². The van der Waals surface area contributed by atoms with Gasteiger partial charge in [-0.25, -0.2) is 18.2 Å². The van der Waals surface area contributed by atoms with Crippen LogP contribution in [0.1, 0.15) is 73.7 Å².